The zero-order chi connectivity index (χ0) is 15.1. The fourth-order valence-corrected chi connectivity index (χ4v) is 3.69. The third-order valence-electron chi connectivity index (χ3n) is 3.58. The number of carbonyl (C=O) groups is 1. The van der Waals surface area contributed by atoms with Crippen LogP contribution in [0.3, 0.4) is 0 Å². The molecule has 1 N–H and O–H groups in total. The SMILES string of the molecule is Cl.O=C(CS(=O)(=O)CCCc1ccccc1)N1CCNCC1. The molecule has 1 aliphatic heterocycles. The monoisotopic (exact) mass is 346 g/mol. The number of hydrogen-bond donors (Lipinski definition) is 1. The second-order valence-electron chi connectivity index (χ2n) is 5.31. The average Bonchev–Trinajstić information content (AvgIpc) is 2.48. The van der Waals surface area contributed by atoms with Crippen molar-refractivity contribution in [1.29, 1.82) is 0 Å². The lowest BCUT2D eigenvalue weighted by atomic mass is 10.1. The van der Waals surface area contributed by atoms with Gasteiger partial charge in [0.15, 0.2) is 9.84 Å². The molecule has 0 spiro atoms. The van der Waals surface area contributed by atoms with Gasteiger partial charge in [0.1, 0.15) is 5.75 Å². The summed E-state index contributed by atoms with van der Waals surface area (Å²) < 4.78 is 24.0. The molecular formula is C15H23ClN2O3S. The molecule has 0 bridgehead atoms. The minimum absolute atomic E-state index is 0. The fraction of sp³-hybridized carbons (Fsp3) is 0.533. The van der Waals surface area contributed by atoms with Crippen molar-refractivity contribution in [3.05, 3.63) is 35.9 Å². The van der Waals surface area contributed by atoms with Crippen LogP contribution in [0.15, 0.2) is 30.3 Å². The van der Waals surface area contributed by atoms with Gasteiger partial charge in [0.25, 0.3) is 0 Å². The number of carbonyl (C=O) groups excluding carboxylic acids is 1. The highest BCUT2D eigenvalue weighted by Crippen LogP contribution is 2.06. The van der Waals surface area contributed by atoms with Gasteiger partial charge < -0.3 is 10.2 Å². The molecule has 5 nitrogen and oxygen atoms in total. The maximum atomic E-state index is 12.0. The van der Waals surface area contributed by atoms with Gasteiger partial charge in [-0.05, 0) is 18.4 Å². The van der Waals surface area contributed by atoms with Crippen LogP contribution >= 0.6 is 12.4 Å². The number of aryl methyl sites for hydroxylation is 1. The Bertz CT molecular complexity index is 557. The summed E-state index contributed by atoms with van der Waals surface area (Å²) in [6.07, 6.45) is 1.28. The summed E-state index contributed by atoms with van der Waals surface area (Å²) in [6.45, 7) is 2.66. The number of amides is 1. The van der Waals surface area contributed by atoms with Crippen molar-refractivity contribution in [2.45, 2.75) is 12.8 Å². The molecule has 1 heterocycles. The lowest BCUT2D eigenvalue weighted by Gasteiger charge is -2.27. The van der Waals surface area contributed by atoms with E-state index in [-0.39, 0.29) is 29.8 Å². The molecule has 22 heavy (non-hydrogen) atoms. The number of nitrogens with zero attached hydrogens (tertiary/aromatic N) is 1. The highest BCUT2D eigenvalue weighted by atomic mass is 35.5. The number of halogens is 1. The summed E-state index contributed by atoms with van der Waals surface area (Å²) in [5.74, 6) is -0.558. The molecule has 7 heteroatoms. The Balaban J connectivity index is 0.00000242. The van der Waals surface area contributed by atoms with Gasteiger partial charge in [-0.2, -0.15) is 0 Å². The van der Waals surface area contributed by atoms with Crippen LogP contribution in [-0.2, 0) is 21.1 Å². The zero-order valence-corrected chi connectivity index (χ0v) is 14.2. The second kappa shape index (κ2) is 9.12. The maximum Gasteiger partial charge on any atom is 0.237 e. The van der Waals surface area contributed by atoms with E-state index in [2.05, 4.69) is 5.32 Å². The van der Waals surface area contributed by atoms with Crippen LogP contribution in [0.4, 0.5) is 0 Å². The third-order valence-corrected chi connectivity index (χ3v) is 5.17. The predicted octanol–water partition coefficient (Wildman–Crippen LogP) is 0.888. The van der Waals surface area contributed by atoms with Gasteiger partial charge in [0, 0.05) is 26.2 Å². The van der Waals surface area contributed by atoms with Gasteiger partial charge in [-0.3, -0.25) is 4.79 Å². The van der Waals surface area contributed by atoms with E-state index in [1.54, 1.807) is 4.90 Å². The van der Waals surface area contributed by atoms with Crippen molar-refractivity contribution in [3.8, 4) is 0 Å². The van der Waals surface area contributed by atoms with Crippen LogP contribution in [0.2, 0.25) is 0 Å². The minimum atomic E-state index is -3.31. The lowest BCUT2D eigenvalue weighted by molar-refractivity contribution is -0.128. The van der Waals surface area contributed by atoms with Crippen LogP contribution in [0.1, 0.15) is 12.0 Å². The third kappa shape index (κ3) is 6.34. The standard InChI is InChI=1S/C15H22N2O3S.ClH/c18-15(17-10-8-16-9-11-17)13-21(19,20)12-4-7-14-5-2-1-3-6-14;/h1-3,5-6,16H,4,7-13H2;1H. The Morgan fingerprint density at radius 3 is 2.41 bits per heavy atom. The summed E-state index contributed by atoms with van der Waals surface area (Å²) in [4.78, 5) is 13.6. The summed E-state index contributed by atoms with van der Waals surface area (Å²) in [7, 11) is -3.31. The molecule has 1 amide bonds. The number of benzene rings is 1. The Hall–Kier alpha value is -1.11. The van der Waals surface area contributed by atoms with E-state index < -0.39 is 9.84 Å². The summed E-state index contributed by atoms with van der Waals surface area (Å²) in [6, 6.07) is 9.79. The molecule has 0 saturated carbocycles. The molecule has 1 aliphatic rings. The van der Waals surface area contributed by atoms with E-state index in [1.807, 2.05) is 30.3 Å². The Kier molecular flexibility index (Phi) is 7.85. The summed E-state index contributed by atoms with van der Waals surface area (Å²) in [5, 5.41) is 3.14. The van der Waals surface area contributed by atoms with Crippen LogP contribution in [0.25, 0.3) is 0 Å². The largest absolute Gasteiger partial charge is 0.339 e. The number of nitrogens with one attached hydrogen (secondary N) is 1. The first-order valence-electron chi connectivity index (χ1n) is 7.30. The van der Waals surface area contributed by atoms with Gasteiger partial charge in [-0.25, -0.2) is 8.42 Å². The average molecular weight is 347 g/mol. The minimum Gasteiger partial charge on any atom is -0.339 e. The molecule has 0 unspecified atom stereocenters. The first-order chi connectivity index (χ1) is 10.1. The second-order valence-corrected chi connectivity index (χ2v) is 7.50. The Labute approximate surface area is 138 Å². The number of sulfone groups is 1. The van der Waals surface area contributed by atoms with Gasteiger partial charge in [-0.1, -0.05) is 30.3 Å². The number of piperazine rings is 1. The predicted molar refractivity (Wildman–Crippen MR) is 90.1 cm³/mol. The van der Waals surface area contributed by atoms with Crippen LogP contribution in [-0.4, -0.2) is 56.9 Å². The lowest BCUT2D eigenvalue weighted by Crippen LogP contribution is -2.48. The van der Waals surface area contributed by atoms with Crippen LogP contribution in [0, 0.1) is 0 Å². The van der Waals surface area contributed by atoms with Crippen molar-refractivity contribution in [2.24, 2.45) is 0 Å². The molecule has 1 aromatic rings. The van der Waals surface area contributed by atoms with Gasteiger partial charge in [0.2, 0.25) is 5.91 Å². The van der Waals surface area contributed by atoms with E-state index in [1.165, 1.54) is 0 Å². The zero-order valence-electron chi connectivity index (χ0n) is 12.5. The summed E-state index contributed by atoms with van der Waals surface area (Å²) in [5.41, 5.74) is 1.13. The molecular weight excluding hydrogens is 324 g/mol. The first-order valence-corrected chi connectivity index (χ1v) is 9.12. The van der Waals surface area contributed by atoms with Gasteiger partial charge in [-0.15, -0.1) is 12.4 Å². The first kappa shape index (κ1) is 18.9. The van der Waals surface area contributed by atoms with E-state index in [9.17, 15) is 13.2 Å². The van der Waals surface area contributed by atoms with E-state index in [4.69, 9.17) is 0 Å². The van der Waals surface area contributed by atoms with Crippen LogP contribution in [0.5, 0.6) is 0 Å². The molecule has 0 atom stereocenters. The normalized spacial score (nSPS) is 15.2. The molecule has 124 valence electrons. The van der Waals surface area contributed by atoms with E-state index >= 15 is 0 Å². The van der Waals surface area contributed by atoms with Crippen LogP contribution < -0.4 is 5.32 Å². The highest BCUT2D eigenvalue weighted by Gasteiger charge is 2.22. The number of hydrogen-bond acceptors (Lipinski definition) is 4. The molecule has 2 rings (SSSR count). The van der Waals surface area contributed by atoms with E-state index in [0.29, 0.717) is 19.5 Å². The van der Waals surface area contributed by atoms with Gasteiger partial charge in [0.05, 0.1) is 5.75 Å². The Morgan fingerprint density at radius 1 is 1.14 bits per heavy atom. The number of rotatable bonds is 6. The van der Waals surface area contributed by atoms with Gasteiger partial charge >= 0.3 is 0 Å². The topological polar surface area (TPSA) is 66.5 Å². The highest BCUT2D eigenvalue weighted by molar-refractivity contribution is 7.92. The van der Waals surface area contributed by atoms with Crippen molar-refractivity contribution >= 4 is 28.2 Å². The Morgan fingerprint density at radius 2 is 1.77 bits per heavy atom. The smallest absolute Gasteiger partial charge is 0.237 e. The summed E-state index contributed by atoms with van der Waals surface area (Å²) >= 11 is 0. The van der Waals surface area contributed by atoms with Crippen molar-refractivity contribution in [3.63, 3.8) is 0 Å². The van der Waals surface area contributed by atoms with E-state index in [0.717, 1.165) is 25.1 Å². The molecule has 0 radical (unpaired) electrons. The molecule has 0 aromatic heterocycles. The molecule has 1 fully saturated rings. The van der Waals surface area contributed by atoms with Crippen molar-refractivity contribution in [1.82, 2.24) is 10.2 Å². The molecule has 1 saturated heterocycles. The fourth-order valence-electron chi connectivity index (χ4n) is 2.41. The molecule has 1 aromatic carbocycles. The molecule has 0 aliphatic carbocycles. The quantitative estimate of drug-likeness (QED) is 0.830. The van der Waals surface area contributed by atoms with Crippen molar-refractivity contribution < 1.29 is 13.2 Å². The van der Waals surface area contributed by atoms with Crippen molar-refractivity contribution in [2.75, 3.05) is 37.7 Å². The maximum absolute atomic E-state index is 12.0.